The number of carbonyl (C=O) groups excluding carboxylic acids is 1. The molecule has 0 fully saturated rings. The van der Waals surface area contributed by atoms with Gasteiger partial charge in [-0.1, -0.05) is 41.9 Å². The lowest BCUT2D eigenvalue weighted by molar-refractivity contribution is -0.108. The van der Waals surface area contributed by atoms with Gasteiger partial charge < -0.3 is 4.79 Å². The lowest BCUT2D eigenvalue weighted by Gasteiger charge is -2.05. The van der Waals surface area contributed by atoms with Crippen molar-refractivity contribution in [2.45, 2.75) is 79.6 Å². The highest BCUT2D eigenvalue weighted by Gasteiger charge is 1.99. The van der Waals surface area contributed by atoms with Crippen LogP contribution in [-0.4, -0.2) is 6.29 Å². The molecule has 1 atom stereocenters. The van der Waals surface area contributed by atoms with Crippen molar-refractivity contribution in [1.29, 1.82) is 0 Å². The third-order valence-corrected chi connectivity index (χ3v) is 3.77. The van der Waals surface area contributed by atoms with Crippen molar-refractivity contribution < 1.29 is 4.79 Å². The van der Waals surface area contributed by atoms with Crippen molar-refractivity contribution >= 4 is 6.29 Å². The van der Waals surface area contributed by atoms with Crippen LogP contribution >= 0.6 is 0 Å². The summed E-state index contributed by atoms with van der Waals surface area (Å²) in [7, 11) is 0. The minimum Gasteiger partial charge on any atom is -0.303 e. The second-order valence-corrected chi connectivity index (χ2v) is 6.54. The second kappa shape index (κ2) is 12.6. The summed E-state index contributed by atoms with van der Waals surface area (Å²) in [6, 6.07) is 0. The minimum absolute atomic E-state index is 0.517. The molecule has 1 unspecified atom stereocenters. The first-order valence-electron chi connectivity index (χ1n) is 8.34. The molecular formula is C20H34O. The van der Waals surface area contributed by atoms with Crippen LogP contribution in [0.25, 0.3) is 0 Å². The van der Waals surface area contributed by atoms with E-state index in [1.54, 1.807) is 0 Å². The quantitative estimate of drug-likeness (QED) is 0.317. The van der Waals surface area contributed by atoms with E-state index in [2.05, 4.69) is 52.8 Å². The Bertz CT molecular complexity index is 367. The molecular weight excluding hydrogens is 256 g/mol. The fourth-order valence-electron chi connectivity index (χ4n) is 2.24. The van der Waals surface area contributed by atoms with Crippen molar-refractivity contribution in [2.75, 3.05) is 0 Å². The highest BCUT2D eigenvalue weighted by atomic mass is 16.1. The molecule has 0 aromatic carbocycles. The normalized spacial score (nSPS) is 14.0. The Morgan fingerprint density at radius 2 is 1.38 bits per heavy atom. The van der Waals surface area contributed by atoms with E-state index in [0.717, 1.165) is 38.4 Å². The molecule has 1 nitrogen and oxygen atoms in total. The molecule has 0 aromatic rings. The van der Waals surface area contributed by atoms with Crippen LogP contribution in [0, 0.1) is 5.92 Å². The summed E-state index contributed by atoms with van der Waals surface area (Å²) < 4.78 is 0. The van der Waals surface area contributed by atoms with E-state index in [1.807, 2.05) is 0 Å². The summed E-state index contributed by atoms with van der Waals surface area (Å²) in [6.07, 6.45) is 15.6. The van der Waals surface area contributed by atoms with Crippen molar-refractivity contribution in [3.63, 3.8) is 0 Å². The van der Waals surface area contributed by atoms with Gasteiger partial charge in [0.15, 0.2) is 0 Å². The Morgan fingerprint density at radius 3 is 1.90 bits per heavy atom. The van der Waals surface area contributed by atoms with Crippen LogP contribution in [0.2, 0.25) is 0 Å². The van der Waals surface area contributed by atoms with Gasteiger partial charge >= 0.3 is 0 Å². The molecule has 0 saturated carbocycles. The van der Waals surface area contributed by atoms with Crippen LogP contribution in [0.1, 0.15) is 79.6 Å². The number of rotatable bonds is 11. The van der Waals surface area contributed by atoms with Gasteiger partial charge in [0.05, 0.1) is 0 Å². The molecule has 0 bridgehead atoms. The minimum atomic E-state index is 0.517. The Kier molecular flexibility index (Phi) is 12.0. The summed E-state index contributed by atoms with van der Waals surface area (Å²) >= 11 is 0. The van der Waals surface area contributed by atoms with Crippen LogP contribution in [0.5, 0.6) is 0 Å². The van der Waals surface area contributed by atoms with Crippen molar-refractivity contribution in [3.05, 3.63) is 34.9 Å². The average Bonchev–Trinajstić information content (AvgIpc) is 2.38. The molecule has 0 heterocycles. The smallest absolute Gasteiger partial charge is 0.120 e. The summed E-state index contributed by atoms with van der Waals surface area (Å²) in [5.74, 6) is 0.517. The van der Waals surface area contributed by atoms with Gasteiger partial charge in [-0.15, -0.1) is 0 Å². The number of hydrogen-bond acceptors (Lipinski definition) is 1. The van der Waals surface area contributed by atoms with E-state index >= 15 is 0 Å². The van der Waals surface area contributed by atoms with Crippen LogP contribution in [-0.2, 0) is 4.79 Å². The fraction of sp³-hybridized carbons (Fsp3) is 0.650. The van der Waals surface area contributed by atoms with E-state index in [-0.39, 0.29) is 0 Å². The molecule has 120 valence electrons. The average molecular weight is 290 g/mol. The monoisotopic (exact) mass is 290 g/mol. The molecule has 0 aliphatic carbocycles. The zero-order valence-corrected chi connectivity index (χ0v) is 14.7. The van der Waals surface area contributed by atoms with Crippen LogP contribution < -0.4 is 0 Å². The molecule has 0 rings (SSSR count). The third kappa shape index (κ3) is 13.6. The number of carbonyl (C=O) groups is 1. The molecule has 21 heavy (non-hydrogen) atoms. The third-order valence-electron chi connectivity index (χ3n) is 3.77. The van der Waals surface area contributed by atoms with Gasteiger partial charge in [0, 0.05) is 6.42 Å². The molecule has 0 aromatic heterocycles. The SMILES string of the molecule is CC(C)=CCC/C(C)=C/CC/C(C)=C/CCC(C)CC=O. The molecule has 0 aliphatic rings. The van der Waals surface area contributed by atoms with Crippen molar-refractivity contribution in [3.8, 4) is 0 Å². The first kappa shape index (κ1) is 19.9. The van der Waals surface area contributed by atoms with Gasteiger partial charge in [0.25, 0.3) is 0 Å². The van der Waals surface area contributed by atoms with Gasteiger partial charge in [-0.3, -0.25) is 0 Å². The van der Waals surface area contributed by atoms with E-state index in [9.17, 15) is 4.79 Å². The van der Waals surface area contributed by atoms with Crippen LogP contribution in [0.3, 0.4) is 0 Å². The largest absolute Gasteiger partial charge is 0.303 e. The maximum Gasteiger partial charge on any atom is 0.120 e. The van der Waals surface area contributed by atoms with Gasteiger partial charge in [-0.25, -0.2) is 0 Å². The zero-order valence-electron chi connectivity index (χ0n) is 14.7. The zero-order chi connectivity index (χ0) is 16.1. The van der Waals surface area contributed by atoms with Gasteiger partial charge in [-0.2, -0.15) is 0 Å². The lowest BCUT2D eigenvalue weighted by atomic mass is 10.0. The first-order chi connectivity index (χ1) is 9.95. The number of hydrogen-bond donors (Lipinski definition) is 0. The van der Waals surface area contributed by atoms with Gasteiger partial charge in [-0.05, 0) is 72.1 Å². The summed E-state index contributed by atoms with van der Waals surface area (Å²) in [6.45, 7) is 10.9. The Balaban J connectivity index is 3.88. The molecule has 0 saturated heterocycles. The summed E-state index contributed by atoms with van der Waals surface area (Å²) in [5.41, 5.74) is 4.38. The number of allylic oxidation sites excluding steroid dienone is 6. The molecule has 0 aliphatic heterocycles. The predicted octanol–water partition coefficient (Wildman–Crippen LogP) is 6.41. The van der Waals surface area contributed by atoms with Crippen molar-refractivity contribution in [1.82, 2.24) is 0 Å². The van der Waals surface area contributed by atoms with Gasteiger partial charge in [0.2, 0.25) is 0 Å². The molecule has 0 N–H and O–H groups in total. The highest BCUT2D eigenvalue weighted by Crippen LogP contribution is 2.14. The van der Waals surface area contributed by atoms with E-state index in [1.165, 1.54) is 23.1 Å². The molecule has 1 heteroatoms. The van der Waals surface area contributed by atoms with Crippen LogP contribution in [0.15, 0.2) is 34.9 Å². The van der Waals surface area contributed by atoms with Crippen molar-refractivity contribution in [2.24, 2.45) is 5.92 Å². The number of aldehydes is 1. The Hall–Kier alpha value is -1.11. The maximum absolute atomic E-state index is 10.4. The Morgan fingerprint density at radius 1 is 0.857 bits per heavy atom. The van der Waals surface area contributed by atoms with E-state index in [4.69, 9.17) is 0 Å². The van der Waals surface area contributed by atoms with Crippen LogP contribution in [0.4, 0.5) is 0 Å². The Labute approximate surface area is 132 Å². The standard InChI is InChI=1S/C20H34O/c1-17(2)9-6-10-18(3)11-7-12-19(4)13-8-14-20(5)15-16-21/h9,11,13,16,20H,6-8,10,12,14-15H2,1-5H3/b18-11+,19-13+. The second-order valence-electron chi connectivity index (χ2n) is 6.54. The van der Waals surface area contributed by atoms with E-state index in [0.29, 0.717) is 12.3 Å². The summed E-state index contributed by atoms with van der Waals surface area (Å²) in [4.78, 5) is 10.4. The fourth-order valence-corrected chi connectivity index (χ4v) is 2.24. The van der Waals surface area contributed by atoms with Gasteiger partial charge in [0.1, 0.15) is 6.29 Å². The first-order valence-corrected chi connectivity index (χ1v) is 8.34. The maximum atomic E-state index is 10.4. The highest BCUT2D eigenvalue weighted by molar-refractivity contribution is 5.49. The van der Waals surface area contributed by atoms with E-state index < -0.39 is 0 Å². The lowest BCUT2D eigenvalue weighted by Crippen LogP contribution is -1.94. The predicted molar refractivity (Wildman–Crippen MR) is 94.5 cm³/mol. The molecule has 0 spiro atoms. The topological polar surface area (TPSA) is 17.1 Å². The molecule has 0 radical (unpaired) electrons. The molecule has 0 amide bonds. The summed E-state index contributed by atoms with van der Waals surface area (Å²) in [5, 5.41) is 0.